The zero-order valence-electron chi connectivity index (χ0n) is 30.2. The lowest BCUT2D eigenvalue weighted by atomic mass is 9.94. The second-order valence-electron chi connectivity index (χ2n) is 14.0. The van der Waals surface area contributed by atoms with Crippen molar-refractivity contribution < 1.29 is 0 Å². The summed E-state index contributed by atoms with van der Waals surface area (Å²) in [6.07, 6.45) is 8.84. The molecule has 7 aromatic carbocycles. The predicted molar refractivity (Wildman–Crippen MR) is 228 cm³/mol. The Balaban J connectivity index is 1.05. The highest BCUT2D eigenvalue weighted by molar-refractivity contribution is 6.16. The molecule has 1 aliphatic carbocycles. The van der Waals surface area contributed by atoms with Crippen molar-refractivity contribution in [2.45, 2.75) is 12.8 Å². The summed E-state index contributed by atoms with van der Waals surface area (Å²) in [5.41, 5.74) is 13.7. The maximum Gasteiger partial charge on any atom is 0.164 e. The van der Waals surface area contributed by atoms with Gasteiger partial charge in [-0.25, -0.2) is 15.0 Å². The lowest BCUT2D eigenvalue weighted by Crippen LogP contribution is -2.00. The van der Waals surface area contributed by atoms with Crippen LogP contribution in [-0.4, -0.2) is 19.5 Å². The van der Waals surface area contributed by atoms with Gasteiger partial charge in [0.2, 0.25) is 0 Å². The van der Waals surface area contributed by atoms with Gasteiger partial charge in [0.1, 0.15) is 0 Å². The van der Waals surface area contributed by atoms with Gasteiger partial charge in [0, 0.05) is 33.2 Å². The first kappa shape index (κ1) is 32.5. The molecular weight excluding hydrogens is 669 g/mol. The van der Waals surface area contributed by atoms with Crippen LogP contribution in [0.1, 0.15) is 18.4 Å². The normalized spacial score (nSPS) is 12.6. The number of rotatable bonds is 7. The highest BCUT2D eigenvalue weighted by Crippen LogP contribution is 2.40. The van der Waals surface area contributed by atoms with Crippen LogP contribution in [0.5, 0.6) is 0 Å². The molecule has 0 fully saturated rings. The number of para-hydroxylation sites is 1. The topological polar surface area (TPSA) is 43.6 Å². The van der Waals surface area contributed by atoms with Crippen molar-refractivity contribution >= 4 is 27.4 Å². The molecule has 0 saturated carbocycles. The molecule has 0 radical (unpaired) electrons. The van der Waals surface area contributed by atoms with Crippen molar-refractivity contribution in [3.8, 4) is 62.1 Å². The Morgan fingerprint density at radius 1 is 0.418 bits per heavy atom. The first-order valence-corrected chi connectivity index (χ1v) is 18.8. The van der Waals surface area contributed by atoms with E-state index in [2.05, 4.69) is 138 Å². The molecule has 0 bridgehead atoms. The molecule has 0 unspecified atom stereocenters. The fraction of sp³-hybridized carbons (Fsp3) is 0.0392. The number of nitrogens with zero attached hydrogens (tertiary/aromatic N) is 4. The second-order valence-corrected chi connectivity index (χ2v) is 14.0. The highest BCUT2D eigenvalue weighted by Gasteiger charge is 2.18. The molecule has 0 saturated heterocycles. The largest absolute Gasteiger partial charge is 0.309 e. The van der Waals surface area contributed by atoms with Crippen LogP contribution < -0.4 is 0 Å². The summed E-state index contributed by atoms with van der Waals surface area (Å²) in [7, 11) is 0. The van der Waals surface area contributed by atoms with Crippen molar-refractivity contribution in [2.24, 2.45) is 0 Å². The van der Waals surface area contributed by atoms with E-state index >= 15 is 0 Å². The Bertz CT molecular complexity index is 2830. The molecule has 55 heavy (non-hydrogen) atoms. The van der Waals surface area contributed by atoms with Crippen molar-refractivity contribution in [2.75, 3.05) is 0 Å². The van der Waals surface area contributed by atoms with Crippen molar-refractivity contribution in [3.63, 3.8) is 0 Å². The average molecular weight is 705 g/mol. The summed E-state index contributed by atoms with van der Waals surface area (Å²) in [5, 5.41) is 2.52. The van der Waals surface area contributed by atoms with E-state index in [0.29, 0.717) is 17.5 Å². The molecule has 9 aromatic rings. The first-order chi connectivity index (χ1) is 27.3. The van der Waals surface area contributed by atoms with Crippen LogP contribution in [0.25, 0.3) is 89.5 Å². The van der Waals surface area contributed by atoms with Gasteiger partial charge in [-0.1, -0.05) is 164 Å². The van der Waals surface area contributed by atoms with Gasteiger partial charge in [-0.3, -0.25) is 0 Å². The van der Waals surface area contributed by atoms with Crippen molar-refractivity contribution in [3.05, 3.63) is 200 Å². The van der Waals surface area contributed by atoms with Crippen molar-refractivity contribution in [1.82, 2.24) is 19.5 Å². The summed E-state index contributed by atoms with van der Waals surface area (Å²) < 4.78 is 2.42. The number of aromatic nitrogens is 4. The molecule has 2 aromatic heterocycles. The molecule has 0 atom stereocenters. The molecular formula is C51H36N4. The third kappa shape index (κ3) is 6.14. The molecule has 0 spiro atoms. The molecule has 10 rings (SSSR count). The maximum atomic E-state index is 4.97. The molecule has 0 amide bonds. The predicted octanol–water partition coefficient (Wildman–Crippen LogP) is 13.0. The summed E-state index contributed by atoms with van der Waals surface area (Å²) in [6.45, 7) is 0. The lowest BCUT2D eigenvalue weighted by molar-refractivity contribution is 1.05. The summed E-state index contributed by atoms with van der Waals surface area (Å²) in [5.74, 6) is 1.95. The van der Waals surface area contributed by atoms with E-state index in [1.165, 1.54) is 44.1 Å². The van der Waals surface area contributed by atoms with Crippen LogP contribution in [0.15, 0.2) is 194 Å². The van der Waals surface area contributed by atoms with Gasteiger partial charge in [-0.2, -0.15) is 0 Å². The standard InChI is InChI=1S/C51H36N4/c1-5-15-35(16-6-1)41-31-32-45-47(34-41)55(43-23-11-4-12-24-43)46-26-14-25-44(48(45)46)37-29-27-36(28-30-37)40-21-13-22-42(33-40)51-53-49(38-17-7-2-8-18-38)52-50(54-51)39-19-9-3-10-20-39/h1-5,7-15,17-34H,6,16H2. The molecule has 1 aliphatic rings. The van der Waals surface area contributed by atoms with E-state index in [0.717, 1.165) is 46.3 Å². The lowest BCUT2D eigenvalue weighted by Gasteiger charge is -2.11. The van der Waals surface area contributed by atoms with Crippen molar-refractivity contribution in [1.29, 1.82) is 0 Å². The Morgan fingerprint density at radius 2 is 1.00 bits per heavy atom. The summed E-state index contributed by atoms with van der Waals surface area (Å²) >= 11 is 0. The fourth-order valence-corrected chi connectivity index (χ4v) is 7.82. The van der Waals surface area contributed by atoms with Gasteiger partial charge in [0.05, 0.1) is 11.0 Å². The highest BCUT2D eigenvalue weighted by atomic mass is 15.0. The van der Waals surface area contributed by atoms with Gasteiger partial charge in [-0.05, 0) is 76.6 Å². The maximum absolute atomic E-state index is 4.97. The van der Waals surface area contributed by atoms with Gasteiger partial charge in [0.25, 0.3) is 0 Å². The summed E-state index contributed by atoms with van der Waals surface area (Å²) in [6, 6.07) is 62.1. The van der Waals surface area contributed by atoms with Gasteiger partial charge in [0.15, 0.2) is 17.5 Å². The summed E-state index contributed by atoms with van der Waals surface area (Å²) in [4.78, 5) is 14.8. The second kappa shape index (κ2) is 14.0. The van der Waals surface area contributed by atoms with Crippen LogP contribution in [0.3, 0.4) is 0 Å². The third-order valence-corrected chi connectivity index (χ3v) is 10.5. The quantitative estimate of drug-likeness (QED) is 0.166. The van der Waals surface area contributed by atoms with Crippen LogP contribution in [0, 0.1) is 0 Å². The molecule has 4 nitrogen and oxygen atoms in total. The van der Waals surface area contributed by atoms with Crippen LogP contribution >= 0.6 is 0 Å². The van der Waals surface area contributed by atoms with Crippen LogP contribution in [0.4, 0.5) is 0 Å². The zero-order valence-corrected chi connectivity index (χ0v) is 30.2. The minimum absolute atomic E-state index is 0.645. The fourth-order valence-electron chi connectivity index (χ4n) is 7.82. The minimum atomic E-state index is 0.645. The minimum Gasteiger partial charge on any atom is -0.309 e. The molecule has 4 heteroatoms. The average Bonchev–Trinajstić information content (AvgIpc) is 3.61. The van der Waals surface area contributed by atoms with E-state index in [9.17, 15) is 0 Å². The Labute approximate surface area is 320 Å². The van der Waals surface area contributed by atoms with Crippen LogP contribution in [0.2, 0.25) is 0 Å². The van der Waals surface area contributed by atoms with E-state index < -0.39 is 0 Å². The van der Waals surface area contributed by atoms with Gasteiger partial charge in [-0.15, -0.1) is 0 Å². The van der Waals surface area contributed by atoms with Gasteiger partial charge < -0.3 is 4.57 Å². The van der Waals surface area contributed by atoms with E-state index in [1.54, 1.807) is 0 Å². The van der Waals surface area contributed by atoms with E-state index in [1.807, 2.05) is 60.7 Å². The monoisotopic (exact) mass is 704 g/mol. The first-order valence-electron chi connectivity index (χ1n) is 18.8. The molecule has 0 N–H and O–H groups in total. The Hall–Kier alpha value is -7.17. The van der Waals surface area contributed by atoms with E-state index in [-0.39, 0.29) is 0 Å². The molecule has 0 aliphatic heterocycles. The number of fused-ring (bicyclic) bond motifs is 3. The van der Waals surface area contributed by atoms with Gasteiger partial charge >= 0.3 is 0 Å². The molecule has 2 heterocycles. The zero-order chi connectivity index (χ0) is 36.6. The Morgan fingerprint density at radius 3 is 1.67 bits per heavy atom. The SMILES string of the molecule is C1=CCCC(c2ccc3c4c(-c5ccc(-c6cccc(-c7nc(-c8ccccc8)nc(-c8ccccc8)n7)c6)cc5)cccc4n(-c4ccccc4)c3c2)=C1. The third-order valence-electron chi connectivity index (χ3n) is 10.5. The number of hydrogen-bond acceptors (Lipinski definition) is 3. The molecule has 260 valence electrons. The van der Waals surface area contributed by atoms with Crippen LogP contribution in [-0.2, 0) is 0 Å². The smallest absolute Gasteiger partial charge is 0.164 e. The number of hydrogen-bond donors (Lipinski definition) is 0. The number of allylic oxidation sites excluding steroid dienone is 4. The Kier molecular flexibility index (Phi) is 8.27. The number of benzene rings is 7. The van der Waals surface area contributed by atoms with E-state index in [4.69, 9.17) is 15.0 Å².